The van der Waals surface area contributed by atoms with E-state index < -0.39 is 0 Å². The van der Waals surface area contributed by atoms with Crippen molar-refractivity contribution in [3.8, 4) is 0 Å². The van der Waals surface area contributed by atoms with E-state index in [2.05, 4.69) is 10.4 Å². The normalized spacial score (nSPS) is 12.8. The van der Waals surface area contributed by atoms with Crippen LogP contribution in [0.4, 0.5) is 0 Å². The van der Waals surface area contributed by atoms with Crippen molar-refractivity contribution in [3.63, 3.8) is 0 Å². The molecule has 0 saturated heterocycles. The molecule has 1 rings (SSSR count). The molecule has 5 nitrogen and oxygen atoms in total. The van der Waals surface area contributed by atoms with Crippen LogP contribution in [0.5, 0.6) is 0 Å². The number of nitrogens with zero attached hydrogens (tertiary/aromatic N) is 3. The molecule has 1 amide bonds. The third kappa shape index (κ3) is 3.83. The molecular weight excluding hydrogens is 228 g/mol. The van der Waals surface area contributed by atoms with Crippen molar-refractivity contribution in [1.82, 2.24) is 20.0 Å². The first kappa shape index (κ1) is 13.0. The van der Waals surface area contributed by atoms with Gasteiger partial charge in [-0.25, -0.2) is 0 Å². The van der Waals surface area contributed by atoms with Crippen LogP contribution in [-0.4, -0.2) is 47.3 Å². The maximum atomic E-state index is 11.6. The Labute approximate surface area is 100 Å². The lowest BCUT2D eigenvalue weighted by atomic mass is 10.3. The quantitative estimate of drug-likeness (QED) is 0.826. The van der Waals surface area contributed by atoms with Gasteiger partial charge in [-0.2, -0.15) is 5.10 Å². The molecule has 0 aliphatic carbocycles. The van der Waals surface area contributed by atoms with E-state index in [9.17, 15) is 4.79 Å². The summed E-state index contributed by atoms with van der Waals surface area (Å²) in [6.45, 7) is 3.04. The number of amides is 1. The molecule has 16 heavy (non-hydrogen) atoms. The monoisotopic (exact) mass is 244 g/mol. The molecule has 1 heterocycles. The Morgan fingerprint density at radius 1 is 1.69 bits per heavy atom. The number of aromatic nitrogens is 2. The summed E-state index contributed by atoms with van der Waals surface area (Å²) in [6.07, 6.45) is 3.30. The van der Waals surface area contributed by atoms with Gasteiger partial charge in [-0.3, -0.25) is 14.4 Å². The Morgan fingerprint density at radius 3 is 2.88 bits per heavy atom. The predicted molar refractivity (Wildman–Crippen MR) is 63.4 cm³/mol. The SMILES string of the molecule is C[C@H](C(=O)NCCn1cc(Cl)cn1)N(C)C. The molecular formula is C10H17ClN4O. The van der Waals surface area contributed by atoms with Crippen LogP contribution in [0.25, 0.3) is 0 Å². The van der Waals surface area contributed by atoms with Gasteiger partial charge in [0, 0.05) is 12.7 Å². The molecule has 6 heteroatoms. The maximum absolute atomic E-state index is 11.6. The lowest BCUT2D eigenvalue weighted by Crippen LogP contribution is -2.42. The molecule has 0 saturated carbocycles. The second kappa shape index (κ2) is 5.86. The third-order valence-electron chi connectivity index (χ3n) is 2.40. The van der Waals surface area contributed by atoms with Gasteiger partial charge in [-0.05, 0) is 21.0 Å². The lowest BCUT2D eigenvalue weighted by Gasteiger charge is -2.18. The average Bonchev–Trinajstić information content (AvgIpc) is 2.62. The molecule has 90 valence electrons. The highest BCUT2D eigenvalue weighted by atomic mass is 35.5. The zero-order chi connectivity index (χ0) is 12.1. The van der Waals surface area contributed by atoms with Crippen molar-refractivity contribution in [1.29, 1.82) is 0 Å². The highest BCUT2D eigenvalue weighted by Gasteiger charge is 2.13. The van der Waals surface area contributed by atoms with E-state index in [1.807, 2.05) is 25.9 Å². The van der Waals surface area contributed by atoms with Gasteiger partial charge in [0.2, 0.25) is 5.91 Å². The van der Waals surface area contributed by atoms with Crippen molar-refractivity contribution in [2.45, 2.75) is 19.5 Å². The van der Waals surface area contributed by atoms with Gasteiger partial charge in [0.05, 0.1) is 23.8 Å². The van der Waals surface area contributed by atoms with E-state index in [1.54, 1.807) is 17.1 Å². The first-order chi connectivity index (χ1) is 7.50. The molecule has 0 aliphatic heterocycles. The van der Waals surface area contributed by atoms with Crippen LogP contribution in [-0.2, 0) is 11.3 Å². The smallest absolute Gasteiger partial charge is 0.237 e. The van der Waals surface area contributed by atoms with Crippen molar-refractivity contribution in [2.75, 3.05) is 20.6 Å². The van der Waals surface area contributed by atoms with E-state index >= 15 is 0 Å². The Morgan fingerprint density at radius 2 is 2.38 bits per heavy atom. The zero-order valence-corrected chi connectivity index (χ0v) is 10.5. The Bertz CT molecular complexity index is 350. The fraction of sp³-hybridized carbons (Fsp3) is 0.600. The summed E-state index contributed by atoms with van der Waals surface area (Å²) in [4.78, 5) is 13.4. The van der Waals surface area contributed by atoms with Gasteiger partial charge in [0.25, 0.3) is 0 Å². The molecule has 1 aromatic heterocycles. The van der Waals surface area contributed by atoms with Gasteiger partial charge in [0.1, 0.15) is 0 Å². The number of hydrogen-bond donors (Lipinski definition) is 1. The molecule has 0 unspecified atom stereocenters. The fourth-order valence-corrected chi connectivity index (χ4v) is 1.29. The first-order valence-electron chi connectivity index (χ1n) is 5.13. The number of carbonyl (C=O) groups is 1. The Kier molecular flexibility index (Phi) is 4.76. The molecule has 0 bridgehead atoms. The van der Waals surface area contributed by atoms with Crippen molar-refractivity contribution in [3.05, 3.63) is 17.4 Å². The van der Waals surface area contributed by atoms with E-state index in [0.717, 1.165) is 0 Å². The largest absolute Gasteiger partial charge is 0.353 e. The number of hydrogen-bond acceptors (Lipinski definition) is 3. The van der Waals surface area contributed by atoms with Gasteiger partial charge in [-0.1, -0.05) is 11.6 Å². The van der Waals surface area contributed by atoms with Crippen LogP contribution in [0.2, 0.25) is 5.02 Å². The molecule has 1 aromatic rings. The van der Waals surface area contributed by atoms with Crippen LogP contribution < -0.4 is 5.32 Å². The maximum Gasteiger partial charge on any atom is 0.237 e. The summed E-state index contributed by atoms with van der Waals surface area (Å²) in [6, 6.07) is -0.124. The Balaban J connectivity index is 2.28. The van der Waals surface area contributed by atoms with Crippen LogP contribution in [0.3, 0.4) is 0 Å². The van der Waals surface area contributed by atoms with E-state index in [-0.39, 0.29) is 11.9 Å². The molecule has 0 aliphatic rings. The minimum atomic E-state index is -0.124. The summed E-state index contributed by atoms with van der Waals surface area (Å²) in [7, 11) is 3.75. The number of carbonyl (C=O) groups excluding carboxylic acids is 1. The molecule has 1 N–H and O–H groups in total. The molecule has 0 fully saturated rings. The van der Waals surface area contributed by atoms with Crippen LogP contribution in [0.15, 0.2) is 12.4 Å². The van der Waals surface area contributed by atoms with Crippen molar-refractivity contribution < 1.29 is 4.79 Å². The highest BCUT2D eigenvalue weighted by Crippen LogP contribution is 2.03. The second-order valence-corrected chi connectivity index (χ2v) is 4.29. The number of likely N-dealkylation sites (N-methyl/N-ethyl adjacent to an activating group) is 1. The molecule has 1 atom stereocenters. The topological polar surface area (TPSA) is 50.2 Å². The van der Waals surface area contributed by atoms with Gasteiger partial charge in [-0.15, -0.1) is 0 Å². The summed E-state index contributed by atoms with van der Waals surface area (Å²) < 4.78 is 1.70. The van der Waals surface area contributed by atoms with E-state index in [1.165, 1.54) is 0 Å². The van der Waals surface area contributed by atoms with Gasteiger partial charge in [0.15, 0.2) is 0 Å². The number of halogens is 1. The molecule has 0 aromatic carbocycles. The summed E-state index contributed by atoms with van der Waals surface area (Å²) in [5, 5.41) is 7.46. The van der Waals surface area contributed by atoms with Gasteiger partial charge >= 0.3 is 0 Å². The summed E-state index contributed by atoms with van der Waals surface area (Å²) in [5.41, 5.74) is 0. The number of rotatable bonds is 5. The second-order valence-electron chi connectivity index (χ2n) is 3.85. The standard InChI is InChI=1S/C10H17ClN4O/c1-8(14(2)3)10(16)12-4-5-15-7-9(11)6-13-15/h6-8H,4-5H2,1-3H3,(H,12,16)/t8-/m1/s1. The third-order valence-corrected chi connectivity index (χ3v) is 2.59. The fourth-order valence-electron chi connectivity index (χ4n) is 1.14. The predicted octanol–water partition coefficient (Wildman–Crippen LogP) is 0.603. The first-order valence-corrected chi connectivity index (χ1v) is 5.50. The Hall–Kier alpha value is -1.07. The summed E-state index contributed by atoms with van der Waals surface area (Å²) >= 11 is 5.72. The average molecular weight is 245 g/mol. The van der Waals surface area contributed by atoms with Gasteiger partial charge < -0.3 is 5.32 Å². The van der Waals surface area contributed by atoms with E-state index in [4.69, 9.17) is 11.6 Å². The molecule has 0 radical (unpaired) electrons. The minimum absolute atomic E-state index is 0.0169. The molecule has 0 spiro atoms. The van der Waals surface area contributed by atoms with Crippen LogP contribution in [0.1, 0.15) is 6.92 Å². The van der Waals surface area contributed by atoms with E-state index in [0.29, 0.717) is 18.1 Å². The van der Waals surface area contributed by atoms with Crippen molar-refractivity contribution >= 4 is 17.5 Å². The number of nitrogens with one attached hydrogen (secondary N) is 1. The van der Waals surface area contributed by atoms with Crippen molar-refractivity contribution in [2.24, 2.45) is 0 Å². The summed E-state index contributed by atoms with van der Waals surface area (Å²) in [5.74, 6) is 0.0169. The van der Waals surface area contributed by atoms with Crippen LogP contribution >= 0.6 is 11.6 Å². The zero-order valence-electron chi connectivity index (χ0n) is 9.77. The minimum Gasteiger partial charge on any atom is -0.353 e. The highest BCUT2D eigenvalue weighted by molar-refractivity contribution is 6.30. The van der Waals surface area contributed by atoms with Crippen LogP contribution in [0, 0.1) is 0 Å². The lowest BCUT2D eigenvalue weighted by molar-refractivity contribution is -0.125.